The Morgan fingerprint density at radius 2 is 1.82 bits per heavy atom. The van der Waals surface area contributed by atoms with Crippen molar-refractivity contribution in [3.63, 3.8) is 0 Å². The molecule has 1 aliphatic rings. The highest BCUT2D eigenvalue weighted by atomic mass is 35.5. The molecule has 2 heterocycles. The number of carbonyl (C=O) groups is 1. The van der Waals surface area contributed by atoms with Crippen LogP contribution in [0.2, 0.25) is 10.0 Å². The number of aromatic nitrogens is 1. The van der Waals surface area contributed by atoms with Crippen molar-refractivity contribution < 1.29 is 9.72 Å². The highest BCUT2D eigenvalue weighted by molar-refractivity contribution is 7.18. The number of piperidine rings is 1. The highest BCUT2D eigenvalue weighted by Gasteiger charge is 2.30. The van der Waals surface area contributed by atoms with Gasteiger partial charge >= 0.3 is 0 Å². The molecule has 3 aromatic rings. The molecule has 0 spiro atoms. The second-order valence-electron chi connectivity index (χ2n) is 6.65. The number of nitro groups is 1. The van der Waals surface area contributed by atoms with Crippen LogP contribution in [0.3, 0.4) is 0 Å². The van der Waals surface area contributed by atoms with Gasteiger partial charge in [-0.2, -0.15) is 0 Å². The number of thiazole rings is 1. The minimum absolute atomic E-state index is 0.0717. The van der Waals surface area contributed by atoms with E-state index in [4.69, 9.17) is 28.2 Å². The van der Waals surface area contributed by atoms with E-state index in [2.05, 4.69) is 0 Å². The van der Waals surface area contributed by atoms with Crippen molar-refractivity contribution in [2.75, 3.05) is 13.1 Å². The van der Waals surface area contributed by atoms with Crippen LogP contribution in [0.15, 0.2) is 36.4 Å². The molecule has 28 heavy (non-hydrogen) atoms. The molecule has 1 saturated heterocycles. The minimum Gasteiger partial charge on any atom is -0.338 e. The van der Waals surface area contributed by atoms with E-state index in [9.17, 15) is 14.9 Å². The standard InChI is InChI=1S/C19H15Cl2N3O3S/c20-12-2-4-17-15(9-12)22-18(28-17)11-5-7-23(8-6-11)19(25)14-3-1-13(21)10-16(14)24(26)27/h1-4,9-11H,5-8H2. The van der Waals surface area contributed by atoms with Gasteiger partial charge in [0.1, 0.15) is 5.56 Å². The van der Waals surface area contributed by atoms with Crippen LogP contribution in [-0.4, -0.2) is 33.8 Å². The Morgan fingerprint density at radius 3 is 2.54 bits per heavy atom. The number of fused-ring (bicyclic) bond motifs is 1. The van der Waals surface area contributed by atoms with Crippen LogP contribution in [0.5, 0.6) is 0 Å². The molecule has 0 radical (unpaired) electrons. The van der Waals surface area contributed by atoms with Crippen molar-refractivity contribution in [3.05, 3.63) is 67.1 Å². The molecule has 144 valence electrons. The minimum atomic E-state index is -0.571. The number of likely N-dealkylation sites (tertiary alicyclic amines) is 1. The average Bonchev–Trinajstić information content (AvgIpc) is 3.10. The zero-order valence-corrected chi connectivity index (χ0v) is 16.9. The quantitative estimate of drug-likeness (QED) is 0.400. The fourth-order valence-corrected chi connectivity index (χ4v) is 4.88. The summed E-state index contributed by atoms with van der Waals surface area (Å²) >= 11 is 13.5. The van der Waals surface area contributed by atoms with E-state index in [1.807, 2.05) is 18.2 Å². The molecule has 0 bridgehead atoms. The molecule has 0 saturated carbocycles. The maximum absolute atomic E-state index is 12.8. The molecular formula is C19H15Cl2N3O3S. The van der Waals surface area contributed by atoms with Gasteiger partial charge in [-0.1, -0.05) is 23.2 Å². The topological polar surface area (TPSA) is 76.3 Å². The Kier molecular flexibility index (Phi) is 5.23. The number of nitro benzene ring substituents is 1. The molecule has 0 aliphatic carbocycles. The molecular weight excluding hydrogens is 421 g/mol. The third-order valence-corrected chi connectivity index (χ3v) is 6.55. The summed E-state index contributed by atoms with van der Waals surface area (Å²) in [7, 11) is 0. The van der Waals surface area contributed by atoms with E-state index in [1.54, 1.807) is 16.2 Å². The number of rotatable bonds is 3. The Balaban J connectivity index is 1.49. The number of hydrogen-bond acceptors (Lipinski definition) is 5. The zero-order chi connectivity index (χ0) is 19.8. The maximum Gasteiger partial charge on any atom is 0.283 e. The number of benzene rings is 2. The summed E-state index contributed by atoms with van der Waals surface area (Å²) in [5.41, 5.74) is 0.702. The lowest BCUT2D eigenvalue weighted by Crippen LogP contribution is -2.38. The van der Waals surface area contributed by atoms with E-state index in [0.717, 1.165) is 28.1 Å². The van der Waals surface area contributed by atoms with Gasteiger partial charge in [-0.15, -0.1) is 11.3 Å². The second kappa shape index (κ2) is 7.66. The van der Waals surface area contributed by atoms with Crippen molar-refractivity contribution in [2.24, 2.45) is 0 Å². The molecule has 0 N–H and O–H groups in total. The van der Waals surface area contributed by atoms with Crippen LogP contribution in [0.25, 0.3) is 10.2 Å². The third kappa shape index (κ3) is 3.70. The first-order chi connectivity index (χ1) is 13.4. The molecule has 1 aliphatic heterocycles. The van der Waals surface area contributed by atoms with Crippen molar-refractivity contribution in [3.8, 4) is 0 Å². The molecule has 0 unspecified atom stereocenters. The predicted octanol–water partition coefficient (Wildman–Crippen LogP) is 5.53. The summed E-state index contributed by atoms with van der Waals surface area (Å²) in [4.78, 5) is 29.9. The molecule has 1 fully saturated rings. The molecule has 2 aromatic carbocycles. The van der Waals surface area contributed by atoms with Gasteiger partial charge in [-0.05, 0) is 43.2 Å². The largest absolute Gasteiger partial charge is 0.338 e. The van der Waals surface area contributed by atoms with Crippen molar-refractivity contribution in [1.82, 2.24) is 9.88 Å². The van der Waals surface area contributed by atoms with Gasteiger partial charge < -0.3 is 4.90 Å². The number of carbonyl (C=O) groups excluding carboxylic acids is 1. The van der Waals surface area contributed by atoms with Crippen LogP contribution >= 0.6 is 34.5 Å². The normalized spacial score (nSPS) is 15.1. The maximum atomic E-state index is 12.8. The van der Waals surface area contributed by atoms with Gasteiger partial charge in [0.15, 0.2) is 0 Å². The Hall–Kier alpha value is -2.22. The Morgan fingerprint density at radius 1 is 1.14 bits per heavy atom. The lowest BCUT2D eigenvalue weighted by molar-refractivity contribution is -0.385. The average molecular weight is 436 g/mol. The molecule has 1 aromatic heterocycles. The summed E-state index contributed by atoms with van der Waals surface area (Å²) in [6.45, 7) is 1.06. The van der Waals surface area contributed by atoms with E-state index in [1.165, 1.54) is 18.2 Å². The lowest BCUT2D eigenvalue weighted by atomic mass is 9.97. The molecule has 9 heteroatoms. The van der Waals surface area contributed by atoms with Gasteiger partial charge in [0, 0.05) is 35.1 Å². The Labute approximate surface area is 174 Å². The fraction of sp³-hybridized carbons (Fsp3) is 0.263. The van der Waals surface area contributed by atoms with Crippen LogP contribution in [-0.2, 0) is 0 Å². The van der Waals surface area contributed by atoms with Crippen LogP contribution in [0.1, 0.15) is 34.1 Å². The van der Waals surface area contributed by atoms with E-state index < -0.39 is 4.92 Å². The highest BCUT2D eigenvalue weighted by Crippen LogP contribution is 2.35. The smallest absolute Gasteiger partial charge is 0.283 e. The third-order valence-electron chi connectivity index (χ3n) is 4.88. The SMILES string of the molecule is O=C(c1ccc(Cl)cc1[N+](=O)[O-])N1CCC(c2nc3cc(Cl)ccc3s2)CC1. The van der Waals surface area contributed by atoms with Crippen molar-refractivity contribution in [1.29, 1.82) is 0 Å². The number of amides is 1. The fourth-order valence-electron chi connectivity index (χ4n) is 3.43. The molecule has 4 rings (SSSR count). The van der Waals surface area contributed by atoms with Crippen LogP contribution in [0, 0.1) is 10.1 Å². The molecule has 6 nitrogen and oxygen atoms in total. The van der Waals surface area contributed by atoms with Gasteiger partial charge in [-0.25, -0.2) is 4.98 Å². The summed E-state index contributed by atoms with van der Waals surface area (Å²) in [6, 6.07) is 9.82. The second-order valence-corrected chi connectivity index (χ2v) is 8.58. The summed E-state index contributed by atoms with van der Waals surface area (Å²) in [6.07, 6.45) is 1.53. The van der Waals surface area contributed by atoms with Gasteiger partial charge in [-0.3, -0.25) is 14.9 Å². The van der Waals surface area contributed by atoms with Gasteiger partial charge in [0.2, 0.25) is 0 Å². The van der Waals surface area contributed by atoms with Crippen LogP contribution < -0.4 is 0 Å². The first-order valence-electron chi connectivity index (χ1n) is 8.71. The van der Waals surface area contributed by atoms with Crippen LogP contribution in [0.4, 0.5) is 5.69 Å². The molecule has 1 amide bonds. The van der Waals surface area contributed by atoms with Crippen molar-refractivity contribution in [2.45, 2.75) is 18.8 Å². The van der Waals surface area contributed by atoms with Crippen molar-refractivity contribution >= 4 is 56.3 Å². The van der Waals surface area contributed by atoms with E-state index in [0.29, 0.717) is 18.1 Å². The summed E-state index contributed by atoms with van der Waals surface area (Å²) in [5.74, 6) is -0.0710. The monoisotopic (exact) mass is 435 g/mol. The predicted molar refractivity (Wildman–Crippen MR) is 111 cm³/mol. The summed E-state index contributed by atoms with van der Waals surface area (Å²) in [5, 5.41) is 13.2. The van der Waals surface area contributed by atoms with Gasteiger partial charge in [0.25, 0.3) is 11.6 Å². The van der Waals surface area contributed by atoms with Gasteiger partial charge in [0.05, 0.1) is 20.1 Å². The first-order valence-corrected chi connectivity index (χ1v) is 10.3. The summed E-state index contributed by atoms with van der Waals surface area (Å²) < 4.78 is 1.09. The lowest BCUT2D eigenvalue weighted by Gasteiger charge is -2.31. The Bertz CT molecular complexity index is 1080. The first kappa shape index (κ1) is 19.1. The van der Waals surface area contributed by atoms with E-state index in [-0.39, 0.29) is 28.1 Å². The zero-order valence-electron chi connectivity index (χ0n) is 14.6. The number of halogens is 2. The number of nitrogens with zero attached hydrogens (tertiary/aromatic N) is 3. The molecule has 0 atom stereocenters. The van der Waals surface area contributed by atoms with E-state index >= 15 is 0 Å². The number of hydrogen-bond donors (Lipinski definition) is 0.